The smallest absolute Gasteiger partial charge is 0.232 e. The lowest BCUT2D eigenvalue weighted by atomic mass is 10.1. The molecule has 0 aromatic heterocycles. The zero-order chi connectivity index (χ0) is 22.0. The Hall–Kier alpha value is -2.74. The van der Waals surface area contributed by atoms with Crippen LogP contribution in [0, 0.1) is 0 Å². The summed E-state index contributed by atoms with van der Waals surface area (Å²) in [5.41, 5.74) is 1.75. The van der Waals surface area contributed by atoms with Crippen LogP contribution in [0.25, 0.3) is 0 Å². The van der Waals surface area contributed by atoms with Gasteiger partial charge in [-0.2, -0.15) is 0 Å². The van der Waals surface area contributed by atoms with Crippen LogP contribution in [0.5, 0.6) is 11.5 Å². The zero-order valence-corrected chi connectivity index (χ0v) is 18.6. The van der Waals surface area contributed by atoms with Gasteiger partial charge in [0.15, 0.2) is 0 Å². The number of hydrogen-bond acceptors (Lipinski definition) is 5. The molecule has 0 saturated heterocycles. The number of methoxy groups -OCH3 is 1. The first-order valence-corrected chi connectivity index (χ1v) is 11.8. The minimum Gasteiger partial charge on any atom is -0.497 e. The molecule has 0 fully saturated rings. The highest BCUT2D eigenvalue weighted by molar-refractivity contribution is 7.92. The molecule has 2 aromatic carbocycles. The van der Waals surface area contributed by atoms with E-state index in [1.165, 1.54) is 10.6 Å². The van der Waals surface area contributed by atoms with Crippen LogP contribution >= 0.6 is 0 Å². The molecule has 0 aliphatic carbocycles. The van der Waals surface area contributed by atoms with E-state index in [0.717, 1.165) is 12.0 Å². The van der Waals surface area contributed by atoms with Crippen LogP contribution in [-0.2, 0) is 21.2 Å². The van der Waals surface area contributed by atoms with E-state index in [0.29, 0.717) is 36.8 Å². The summed E-state index contributed by atoms with van der Waals surface area (Å²) in [7, 11) is -1.83. The third-order valence-corrected chi connectivity index (χ3v) is 5.73. The maximum Gasteiger partial charge on any atom is 0.232 e. The molecule has 0 unspecified atom stereocenters. The molecule has 0 saturated carbocycles. The fourth-order valence-corrected chi connectivity index (χ4v) is 3.87. The number of benzene rings is 2. The second-order valence-electron chi connectivity index (χ2n) is 6.84. The summed E-state index contributed by atoms with van der Waals surface area (Å²) in [6.07, 6.45) is 2.72. The fourth-order valence-electron chi connectivity index (χ4n) is 2.91. The topological polar surface area (TPSA) is 84.9 Å². The Labute approximate surface area is 179 Å². The molecule has 0 bridgehead atoms. The van der Waals surface area contributed by atoms with Gasteiger partial charge in [-0.15, -0.1) is 0 Å². The van der Waals surface area contributed by atoms with Crippen LogP contribution in [-0.4, -0.2) is 47.4 Å². The summed E-state index contributed by atoms with van der Waals surface area (Å²) in [6.45, 7) is 2.99. The molecule has 30 heavy (non-hydrogen) atoms. The van der Waals surface area contributed by atoms with E-state index in [2.05, 4.69) is 5.32 Å². The van der Waals surface area contributed by atoms with Gasteiger partial charge in [-0.3, -0.25) is 9.10 Å². The van der Waals surface area contributed by atoms with E-state index in [9.17, 15) is 13.2 Å². The van der Waals surface area contributed by atoms with Crippen LogP contribution < -0.4 is 19.1 Å². The Morgan fingerprint density at radius 1 is 1.10 bits per heavy atom. The monoisotopic (exact) mass is 434 g/mol. The Bertz CT molecular complexity index is 913. The highest BCUT2D eigenvalue weighted by Crippen LogP contribution is 2.20. The SMILES string of the molecule is CCc1ccc(N(CCCC(=O)NCCOc2cccc(OC)c2)S(C)(=O)=O)cc1. The van der Waals surface area contributed by atoms with Crippen molar-refractivity contribution in [2.24, 2.45) is 0 Å². The summed E-state index contributed by atoms with van der Waals surface area (Å²) >= 11 is 0. The van der Waals surface area contributed by atoms with Crippen LogP contribution in [0.1, 0.15) is 25.3 Å². The van der Waals surface area contributed by atoms with Crippen LogP contribution in [0.4, 0.5) is 5.69 Å². The quantitative estimate of drug-likeness (QED) is 0.519. The van der Waals surface area contributed by atoms with Crippen LogP contribution in [0.2, 0.25) is 0 Å². The van der Waals surface area contributed by atoms with Gasteiger partial charge >= 0.3 is 0 Å². The highest BCUT2D eigenvalue weighted by atomic mass is 32.2. The van der Waals surface area contributed by atoms with Gasteiger partial charge < -0.3 is 14.8 Å². The van der Waals surface area contributed by atoms with Crippen molar-refractivity contribution in [3.63, 3.8) is 0 Å². The Kier molecular flexibility index (Phi) is 8.98. The lowest BCUT2D eigenvalue weighted by molar-refractivity contribution is -0.121. The summed E-state index contributed by atoms with van der Waals surface area (Å²) in [6, 6.07) is 14.7. The number of carbonyl (C=O) groups is 1. The number of nitrogens with zero attached hydrogens (tertiary/aromatic N) is 1. The summed E-state index contributed by atoms with van der Waals surface area (Å²) in [5.74, 6) is 1.23. The number of hydrogen-bond donors (Lipinski definition) is 1. The van der Waals surface area contributed by atoms with E-state index in [-0.39, 0.29) is 18.9 Å². The van der Waals surface area contributed by atoms with Gasteiger partial charge in [-0.25, -0.2) is 8.42 Å². The van der Waals surface area contributed by atoms with Crippen molar-refractivity contribution in [1.82, 2.24) is 5.32 Å². The molecule has 0 radical (unpaired) electrons. The number of amides is 1. The minimum absolute atomic E-state index is 0.140. The van der Waals surface area contributed by atoms with E-state index in [1.807, 2.05) is 37.3 Å². The summed E-state index contributed by atoms with van der Waals surface area (Å²) in [5, 5.41) is 2.79. The maximum absolute atomic E-state index is 12.2. The van der Waals surface area contributed by atoms with E-state index in [4.69, 9.17) is 9.47 Å². The molecule has 0 atom stereocenters. The van der Waals surface area contributed by atoms with Crippen molar-refractivity contribution in [1.29, 1.82) is 0 Å². The number of sulfonamides is 1. The van der Waals surface area contributed by atoms with Crippen LogP contribution in [0.15, 0.2) is 48.5 Å². The molecule has 0 spiro atoms. The Balaban J connectivity index is 1.75. The van der Waals surface area contributed by atoms with E-state index < -0.39 is 10.0 Å². The average molecular weight is 435 g/mol. The van der Waals surface area contributed by atoms with E-state index in [1.54, 1.807) is 25.3 Å². The molecule has 1 N–H and O–H groups in total. The number of rotatable bonds is 12. The van der Waals surface area contributed by atoms with Crippen molar-refractivity contribution in [2.75, 3.05) is 37.4 Å². The first-order chi connectivity index (χ1) is 14.3. The first-order valence-electron chi connectivity index (χ1n) is 9.93. The van der Waals surface area contributed by atoms with Crippen molar-refractivity contribution < 1.29 is 22.7 Å². The van der Waals surface area contributed by atoms with Crippen molar-refractivity contribution in [3.8, 4) is 11.5 Å². The zero-order valence-electron chi connectivity index (χ0n) is 17.8. The molecule has 8 heteroatoms. The molecule has 1 amide bonds. The average Bonchev–Trinajstić information content (AvgIpc) is 2.74. The van der Waals surface area contributed by atoms with Gasteiger partial charge in [-0.05, 0) is 42.7 Å². The first kappa shape index (κ1) is 23.5. The van der Waals surface area contributed by atoms with Gasteiger partial charge in [0.2, 0.25) is 15.9 Å². The molecule has 164 valence electrons. The highest BCUT2D eigenvalue weighted by Gasteiger charge is 2.17. The number of anilines is 1. The van der Waals surface area contributed by atoms with E-state index >= 15 is 0 Å². The van der Waals surface area contributed by atoms with Gasteiger partial charge in [0.05, 0.1) is 25.6 Å². The third-order valence-electron chi connectivity index (χ3n) is 4.53. The third kappa shape index (κ3) is 7.59. The Morgan fingerprint density at radius 3 is 2.43 bits per heavy atom. The summed E-state index contributed by atoms with van der Waals surface area (Å²) < 4.78 is 36.4. The number of ether oxygens (including phenoxy) is 2. The largest absolute Gasteiger partial charge is 0.497 e. The summed E-state index contributed by atoms with van der Waals surface area (Å²) in [4.78, 5) is 12.1. The molecule has 0 aliphatic rings. The number of nitrogens with one attached hydrogen (secondary N) is 1. The lowest BCUT2D eigenvalue weighted by Crippen LogP contribution is -2.32. The molecule has 2 rings (SSSR count). The minimum atomic E-state index is -3.42. The Morgan fingerprint density at radius 2 is 1.80 bits per heavy atom. The molecule has 0 aliphatic heterocycles. The second kappa shape index (κ2) is 11.4. The van der Waals surface area contributed by atoms with Gasteiger partial charge in [-0.1, -0.05) is 25.1 Å². The fraction of sp³-hybridized carbons (Fsp3) is 0.409. The number of carbonyl (C=O) groups excluding carboxylic acids is 1. The molecule has 7 nitrogen and oxygen atoms in total. The van der Waals surface area contributed by atoms with Gasteiger partial charge in [0, 0.05) is 19.0 Å². The molecule has 2 aromatic rings. The van der Waals surface area contributed by atoms with Crippen molar-refractivity contribution in [2.45, 2.75) is 26.2 Å². The maximum atomic E-state index is 12.2. The van der Waals surface area contributed by atoms with Gasteiger partial charge in [0.25, 0.3) is 0 Å². The normalized spacial score (nSPS) is 11.0. The predicted molar refractivity (Wildman–Crippen MR) is 119 cm³/mol. The predicted octanol–water partition coefficient (Wildman–Crippen LogP) is 3.00. The second-order valence-corrected chi connectivity index (χ2v) is 8.74. The lowest BCUT2D eigenvalue weighted by Gasteiger charge is -2.22. The van der Waals surface area contributed by atoms with Gasteiger partial charge in [0.1, 0.15) is 18.1 Å². The molecular formula is C22H30N2O5S. The standard InChI is InChI=1S/C22H30N2O5S/c1-4-18-10-12-19(13-11-18)24(30(3,26)27)15-6-9-22(25)23-14-16-29-21-8-5-7-20(17-21)28-2/h5,7-8,10-13,17H,4,6,9,14-16H2,1-3H3,(H,23,25). The molecular weight excluding hydrogens is 404 g/mol. The van der Waals surface area contributed by atoms with Crippen LogP contribution in [0.3, 0.4) is 0 Å². The molecule has 0 heterocycles. The number of aryl methyl sites for hydroxylation is 1. The van der Waals surface area contributed by atoms with Crippen molar-refractivity contribution >= 4 is 21.6 Å². The van der Waals surface area contributed by atoms with Crippen molar-refractivity contribution in [3.05, 3.63) is 54.1 Å².